The van der Waals surface area contributed by atoms with Crippen LogP contribution in [0.1, 0.15) is 10.5 Å². The Bertz CT molecular complexity index is 535. The Kier molecular flexibility index (Phi) is 4.28. The normalized spacial score (nSPS) is 16.3. The number of thiocarbonyl (C=S) groups is 1. The number of amides is 1. The maximum atomic E-state index is 12.2. The number of nitrogens with one attached hydrogen (secondary N) is 1. The largest absolute Gasteiger partial charge is 0.392 e. The molecule has 1 aliphatic rings. The number of hydrogen-bond donors (Lipinski definition) is 2. The molecule has 0 aliphatic carbocycles. The summed E-state index contributed by atoms with van der Waals surface area (Å²) in [6.45, 7) is 3.27. The Morgan fingerprint density at radius 1 is 1.32 bits per heavy atom. The Labute approximate surface area is 116 Å². The molecule has 102 valence electrons. The van der Waals surface area contributed by atoms with Crippen molar-refractivity contribution in [1.82, 2.24) is 14.8 Å². The van der Waals surface area contributed by atoms with Gasteiger partial charge in [0, 0.05) is 38.8 Å². The number of nitrogens with two attached hydrogens (primary N) is 1. The van der Waals surface area contributed by atoms with Gasteiger partial charge in [-0.2, -0.15) is 0 Å². The van der Waals surface area contributed by atoms with E-state index in [1.54, 1.807) is 17.0 Å². The highest BCUT2D eigenvalue weighted by molar-refractivity contribution is 7.80. The molecular formula is C12H16N4O2S. The summed E-state index contributed by atoms with van der Waals surface area (Å²) in [5, 5.41) is 0. The van der Waals surface area contributed by atoms with Gasteiger partial charge in [-0.25, -0.2) is 0 Å². The van der Waals surface area contributed by atoms with Crippen LogP contribution < -0.4 is 11.3 Å². The zero-order valence-electron chi connectivity index (χ0n) is 10.5. The average molecular weight is 280 g/mol. The Morgan fingerprint density at radius 3 is 2.58 bits per heavy atom. The van der Waals surface area contributed by atoms with Crippen LogP contribution in [-0.2, 0) is 0 Å². The molecule has 1 saturated heterocycles. The number of carbonyl (C=O) groups is 1. The summed E-state index contributed by atoms with van der Waals surface area (Å²) in [5.41, 5.74) is 5.56. The van der Waals surface area contributed by atoms with Crippen LogP contribution in [0, 0.1) is 0 Å². The van der Waals surface area contributed by atoms with E-state index in [0.29, 0.717) is 30.3 Å². The number of aromatic amines is 1. The molecule has 0 saturated carbocycles. The molecule has 6 nitrogen and oxygen atoms in total. The molecule has 19 heavy (non-hydrogen) atoms. The lowest BCUT2D eigenvalue weighted by atomic mass is 10.2. The van der Waals surface area contributed by atoms with Crippen LogP contribution >= 0.6 is 12.2 Å². The summed E-state index contributed by atoms with van der Waals surface area (Å²) >= 11 is 4.86. The topological polar surface area (TPSA) is 82.4 Å². The number of aromatic nitrogens is 1. The average Bonchev–Trinajstić information content (AvgIpc) is 2.38. The van der Waals surface area contributed by atoms with Gasteiger partial charge in [0.25, 0.3) is 5.91 Å². The molecule has 1 fully saturated rings. The summed E-state index contributed by atoms with van der Waals surface area (Å²) in [4.78, 5) is 30.2. The minimum absolute atomic E-state index is 0.146. The van der Waals surface area contributed by atoms with Crippen LogP contribution in [0.5, 0.6) is 0 Å². The third-order valence-electron chi connectivity index (χ3n) is 3.04. The van der Waals surface area contributed by atoms with Gasteiger partial charge >= 0.3 is 0 Å². The molecule has 3 N–H and O–H groups in total. The molecule has 0 unspecified atom stereocenters. The molecule has 0 radical (unpaired) electrons. The van der Waals surface area contributed by atoms with Crippen molar-refractivity contribution in [3.8, 4) is 0 Å². The molecule has 2 rings (SSSR count). The van der Waals surface area contributed by atoms with E-state index >= 15 is 0 Å². The minimum Gasteiger partial charge on any atom is -0.392 e. The third kappa shape index (κ3) is 3.62. The minimum atomic E-state index is -0.266. The molecule has 1 aromatic rings. The first-order valence-corrected chi connectivity index (χ1v) is 6.46. The number of hydrogen-bond acceptors (Lipinski definition) is 4. The maximum Gasteiger partial charge on any atom is 0.270 e. The number of rotatable bonds is 3. The zero-order chi connectivity index (χ0) is 13.8. The van der Waals surface area contributed by atoms with Gasteiger partial charge in [-0.1, -0.05) is 18.3 Å². The first kappa shape index (κ1) is 13.7. The predicted octanol–water partition coefficient (Wildman–Crippen LogP) is -0.581. The van der Waals surface area contributed by atoms with Crippen LogP contribution in [0.2, 0.25) is 0 Å². The first-order chi connectivity index (χ1) is 9.06. The quantitative estimate of drug-likeness (QED) is 0.724. The fourth-order valence-corrected chi connectivity index (χ4v) is 2.25. The Balaban J connectivity index is 1.96. The zero-order valence-corrected chi connectivity index (χ0v) is 11.3. The second kappa shape index (κ2) is 5.94. The lowest BCUT2D eigenvalue weighted by molar-refractivity contribution is 0.0648. The van der Waals surface area contributed by atoms with Gasteiger partial charge in [0.05, 0.1) is 4.99 Å². The van der Waals surface area contributed by atoms with Crippen LogP contribution in [0.3, 0.4) is 0 Å². The molecule has 0 spiro atoms. The van der Waals surface area contributed by atoms with Gasteiger partial charge in [0.15, 0.2) is 0 Å². The van der Waals surface area contributed by atoms with Gasteiger partial charge in [-0.3, -0.25) is 14.5 Å². The van der Waals surface area contributed by atoms with Gasteiger partial charge in [0.2, 0.25) is 5.56 Å². The molecular weight excluding hydrogens is 264 g/mol. The smallest absolute Gasteiger partial charge is 0.270 e. The molecule has 1 aliphatic heterocycles. The molecule has 2 heterocycles. The number of piperazine rings is 1. The first-order valence-electron chi connectivity index (χ1n) is 6.05. The molecule has 0 aromatic carbocycles. The van der Waals surface area contributed by atoms with Gasteiger partial charge in [-0.05, 0) is 6.07 Å². The van der Waals surface area contributed by atoms with Gasteiger partial charge in [-0.15, -0.1) is 0 Å². The van der Waals surface area contributed by atoms with Crippen LogP contribution in [0.4, 0.5) is 0 Å². The van der Waals surface area contributed by atoms with E-state index in [-0.39, 0.29) is 11.5 Å². The highest BCUT2D eigenvalue weighted by atomic mass is 32.1. The van der Waals surface area contributed by atoms with Crippen LogP contribution in [0.25, 0.3) is 0 Å². The van der Waals surface area contributed by atoms with E-state index in [2.05, 4.69) is 9.88 Å². The van der Waals surface area contributed by atoms with E-state index < -0.39 is 0 Å². The van der Waals surface area contributed by atoms with Crippen molar-refractivity contribution in [1.29, 1.82) is 0 Å². The number of nitrogens with zero attached hydrogens (tertiary/aromatic N) is 2. The second-order valence-corrected chi connectivity index (χ2v) is 4.99. The van der Waals surface area contributed by atoms with Crippen molar-refractivity contribution < 1.29 is 4.79 Å². The lowest BCUT2D eigenvalue weighted by Gasteiger charge is -2.34. The Hall–Kier alpha value is -1.73. The summed E-state index contributed by atoms with van der Waals surface area (Å²) in [6.07, 6.45) is 0. The van der Waals surface area contributed by atoms with Gasteiger partial charge in [0.1, 0.15) is 5.69 Å². The summed E-state index contributed by atoms with van der Waals surface area (Å²) in [7, 11) is 0. The molecule has 1 amide bonds. The maximum absolute atomic E-state index is 12.2. The fraction of sp³-hybridized carbons (Fsp3) is 0.417. The highest BCUT2D eigenvalue weighted by Crippen LogP contribution is 2.06. The Morgan fingerprint density at radius 2 is 2.00 bits per heavy atom. The number of H-pyrrole nitrogens is 1. The standard InChI is InChI=1S/C12H16N4O2S/c13-10(19)8-15-4-6-16(7-5-15)12(18)9-2-1-3-11(17)14-9/h1-3H,4-8H2,(H2,13,19)(H,14,17). The number of carbonyl (C=O) groups excluding carboxylic acids is 1. The summed E-state index contributed by atoms with van der Waals surface area (Å²) in [6, 6.07) is 4.58. The monoisotopic (exact) mass is 280 g/mol. The van der Waals surface area contributed by atoms with Crippen LogP contribution in [-0.4, -0.2) is 58.4 Å². The fourth-order valence-electron chi connectivity index (χ4n) is 2.07. The SMILES string of the molecule is NC(=S)CN1CCN(C(=O)c2cccc(=O)[nH]2)CC1. The molecule has 1 aromatic heterocycles. The van der Waals surface area contributed by atoms with E-state index in [1.165, 1.54) is 6.07 Å². The van der Waals surface area contributed by atoms with Crippen LogP contribution in [0.15, 0.2) is 23.0 Å². The van der Waals surface area contributed by atoms with E-state index in [9.17, 15) is 9.59 Å². The van der Waals surface area contributed by atoms with Crippen molar-refractivity contribution in [2.24, 2.45) is 5.73 Å². The molecule has 0 bridgehead atoms. The van der Waals surface area contributed by atoms with Crippen molar-refractivity contribution in [2.75, 3.05) is 32.7 Å². The van der Waals surface area contributed by atoms with E-state index in [0.717, 1.165) is 13.1 Å². The lowest BCUT2D eigenvalue weighted by Crippen LogP contribution is -2.50. The number of pyridine rings is 1. The van der Waals surface area contributed by atoms with Crippen molar-refractivity contribution in [3.63, 3.8) is 0 Å². The molecule has 0 atom stereocenters. The predicted molar refractivity (Wildman–Crippen MR) is 76.2 cm³/mol. The summed E-state index contributed by atoms with van der Waals surface area (Å²) in [5.74, 6) is -0.146. The highest BCUT2D eigenvalue weighted by Gasteiger charge is 2.22. The summed E-state index contributed by atoms with van der Waals surface area (Å²) < 4.78 is 0. The third-order valence-corrected chi connectivity index (χ3v) is 3.17. The van der Waals surface area contributed by atoms with Crippen molar-refractivity contribution in [3.05, 3.63) is 34.2 Å². The van der Waals surface area contributed by atoms with Gasteiger partial charge < -0.3 is 15.6 Å². The van der Waals surface area contributed by atoms with Crippen molar-refractivity contribution >= 4 is 23.1 Å². The van der Waals surface area contributed by atoms with E-state index in [1.807, 2.05) is 0 Å². The second-order valence-electron chi connectivity index (χ2n) is 4.46. The van der Waals surface area contributed by atoms with E-state index in [4.69, 9.17) is 18.0 Å². The van der Waals surface area contributed by atoms with Crippen molar-refractivity contribution in [2.45, 2.75) is 0 Å². The molecule has 7 heteroatoms.